The Labute approximate surface area is 125 Å². The van der Waals surface area contributed by atoms with Crippen LogP contribution in [0.3, 0.4) is 0 Å². The summed E-state index contributed by atoms with van der Waals surface area (Å²) in [6.07, 6.45) is 4.76. The number of methoxy groups -OCH3 is 1. The van der Waals surface area contributed by atoms with E-state index in [0.717, 1.165) is 18.7 Å². The second-order valence-electron chi connectivity index (χ2n) is 5.79. The number of ether oxygens (including phenoxy) is 1. The van der Waals surface area contributed by atoms with Crippen molar-refractivity contribution in [1.82, 2.24) is 5.32 Å². The van der Waals surface area contributed by atoms with Gasteiger partial charge in [-0.15, -0.1) is 0 Å². The number of carbonyl (C=O) groups excluding carboxylic acids is 1. The van der Waals surface area contributed by atoms with E-state index >= 15 is 0 Å². The predicted molar refractivity (Wildman–Crippen MR) is 79.0 cm³/mol. The van der Waals surface area contributed by atoms with E-state index in [4.69, 9.17) is 9.15 Å². The third-order valence-electron chi connectivity index (χ3n) is 4.38. The third kappa shape index (κ3) is 4.08. The maximum Gasteiger partial charge on any atom is 0.341 e. The van der Waals surface area contributed by atoms with Gasteiger partial charge in [-0.3, -0.25) is 0 Å². The Kier molecular flexibility index (Phi) is 5.82. The van der Waals surface area contributed by atoms with Crippen LogP contribution in [0.2, 0.25) is 0 Å². The summed E-state index contributed by atoms with van der Waals surface area (Å²) in [4.78, 5) is 11.5. The molecule has 5 nitrogen and oxygen atoms in total. The lowest BCUT2D eigenvalue weighted by molar-refractivity contribution is 0.0599. The molecule has 1 aliphatic carbocycles. The number of furan rings is 1. The standard InChI is InChI=1S/C16H25NO4/c1-11-15(16(19)20-2)7-14(21-11)9-17-8-12-5-3-4-6-13(12)10-18/h7,12-13,17-18H,3-6,8-10H2,1-2H3. The van der Waals surface area contributed by atoms with Gasteiger partial charge in [0.15, 0.2) is 0 Å². The van der Waals surface area contributed by atoms with Gasteiger partial charge in [-0.2, -0.15) is 0 Å². The average Bonchev–Trinajstić information content (AvgIpc) is 2.88. The smallest absolute Gasteiger partial charge is 0.341 e. The molecule has 1 aromatic heterocycles. The van der Waals surface area contributed by atoms with E-state index in [1.165, 1.54) is 26.4 Å². The van der Waals surface area contributed by atoms with Crippen molar-refractivity contribution in [3.8, 4) is 0 Å². The molecular formula is C16H25NO4. The number of aliphatic hydroxyl groups is 1. The van der Waals surface area contributed by atoms with Crippen molar-refractivity contribution in [2.45, 2.75) is 39.2 Å². The average molecular weight is 295 g/mol. The highest BCUT2D eigenvalue weighted by atomic mass is 16.5. The van der Waals surface area contributed by atoms with E-state index < -0.39 is 0 Å². The number of hydrogen-bond acceptors (Lipinski definition) is 5. The zero-order valence-corrected chi connectivity index (χ0v) is 12.9. The van der Waals surface area contributed by atoms with Crippen molar-refractivity contribution in [3.05, 3.63) is 23.2 Å². The summed E-state index contributed by atoms with van der Waals surface area (Å²) < 4.78 is 10.3. The van der Waals surface area contributed by atoms with Gasteiger partial charge in [-0.25, -0.2) is 4.79 Å². The van der Waals surface area contributed by atoms with Crippen LogP contribution in [0.25, 0.3) is 0 Å². The number of aliphatic hydroxyl groups excluding tert-OH is 1. The number of nitrogens with one attached hydrogen (secondary N) is 1. The topological polar surface area (TPSA) is 71.7 Å². The molecule has 0 saturated heterocycles. The second kappa shape index (κ2) is 7.61. The summed E-state index contributed by atoms with van der Waals surface area (Å²) in [6.45, 7) is 3.50. The molecule has 0 aromatic carbocycles. The molecule has 2 atom stereocenters. The first kappa shape index (κ1) is 16.0. The van der Waals surface area contributed by atoms with Gasteiger partial charge >= 0.3 is 5.97 Å². The summed E-state index contributed by atoms with van der Waals surface area (Å²) in [7, 11) is 1.37. The molecule has 21 heavy (non-hydrogen) atoms. The highest BCUT2D eigenvalue weighted by molar-refractivity contribution is 5.90. The van der Waals surface area contributed by atoms with Crippen LogP contribution in [0.5, 0.6) is 0 Å². The fourth-order valence-electron chi connectivity index (χ4n) is 3.12. The molecule has 1 aromatic rings. The Balaban J connectivity index is 1.84. The molecule has 1 aliphatic rings. The van der Waals surface area contributed by atoms with Crippen LogP contribution >= 0.6 is 0 Å². The first-order chi connectivity index (χ1) is 10.2. The Hall–Kier alpha value is -1.33. The normalized spacial score (nSPS) is 22.2. The van der Waals surface area contributed by atoms with Crippen molar-refractivity contribution in [2.24, 2.45) is 11.8 Å². The third-order valence-corrected chi connectivity index (χ3v) is 4.38. The highest BCUT2D eigenvalue weighted by Crippen LogP contribution is 2.29. The Morgan fingerprint density at radius 3 is 2.81 bits per heavy atom. The molecule has 1 fully saturated rings. The number of aryl methyl sites for hydroxylation is 1. The second-order valence-corrected chi connectivity index (χ2v) is 5.79. The summed E-state index contributed by atoms with van der Waals surface area (Å²) in [5, 5.41) is 12.8. The number of carbonyl (C=O) groups is 1. The minimum Gasteiger partial charge on any atom is -0.465 e. The molecule has 1 heterocycles. The highest BCUT2D eigenvalue weighted by Gasteiger charge is 2.24. The maximum absolute atomic E-state index is 11.5. The van der Waals surface area contributed by atoms with E-state index in [1.54, 1.807) is 13.0 Å². The molecule has 2 rings (SSSR count). The van der Waals surface area contributed by atoms with E-state index in [1.807, 2.05) is 0 Å². The minimum atomic E-state index is -0.366. The fourth-order valence-corrected chi connectivity index (χ4v) is 3.12. The van der Waals surface area contributed by atoms with Crippen LogP contribution in [0.15, 0.2) is 10.5 Å². The van der Waals surface area contributed by atoms with Crippen LogP contribution in [-0.4, -0.2) is 31.3 Å². The molecule has 118 valence electrons. The molecule has 5 heteroatoms. The van der Waals surface area contributed by atoms with Gasteiger partial charge in [0.25, 0.3) is 0 Å². The quantitative estimate of drug-likeness (QED) is 0.788. The van der Waals surface area contributed by atoms with E-state index in [9.17, 15) is 9.90 Å². The summed E-state index contributed by atoms with van der Waals surface area (Å²) in [5.41, 5.74) is 0.486. The van der Waals surface area contributed by atoms with Gasteiger partial charge in [0, 0.05) is 6.61 Å². The minimum absolute atomic E-state index is 0.276. The largest absolute Gasteiger partial charge is 0.465 e. The van der Waals surface area contributed by atoms with E-state index in [2.05, 4.69) is 5.32 Å². The van der Waals surface area contributed by atoms with Gasteiger partial charge < -0.3 is 19.6 Å². The molecule has 2 unspecified atom stereocenters. The zero-order chi connectivity index (χ0) is 15.2. The first-order valence-electron chi connectivity index (χ1n) is 7.65. The van der Waals surface area contributed by atoms with Crippen molar-refractivity contribution in [3.63, 3.8) is 0 Å². The molecule has 2 N–H and O–H groups in total. The molecule has 0 radical (unpaired) electrons. The fraction of sp³-hybridized carbons (Fsp3) is 0.688. The Bertz CT molecular complexity index is 469. The predicted octanol–water partition coefficient (Wildman–Crippen LogP) is 2.26. The zero-order valence-electron chi connectivity index (χ0n) is 12.9. The molecule has 0 spiro atoms. The summed E-state index contributed by atoms with van der Waals surface area (Å²) in [6, 6.07) is 1.73. The van der Waals surface area contributed by atoms with Crippen molar-refractivity contribution < 1.29 is 19.1 Å². The monoisotopic (exact) mass is 295 g/mol. The van der Waals surface area contributed by atoms with E-state index in [0.29, 0.717) is 29.7 Å². The molecule has 0 bridgehead atoms. The Morgan fingerprint density at radius 2 is 2.14 bits per heavy atom. The molecule has 0 amide bonds. The van der Waals surface area contributed by atoms with Crippen LogP contribution in [0.4, 0.5) is 0 Å². The van der Waals surface area contributed by atoms with Gasteiger partial charge in [0.2, 0.25) is 0 Å². The Morgan fingerprint density at radius 1 is 1.43 bits per heavy atom. The van der Waals surface area contributed by atoms with Crippen LogP contribution in [0.1, 0.15) is 47.6 Å². The van der Waals surface area contributed by atoms with Crippen LogP contribution in [0, 0.1) is 18.8 Å². The molecule has 0 aliphatic heterocycles. The van der Waals surface area contributed by atoms with E-state index in [-0.39, 0.29) is 12.6 Å². The van der Waals surface area contributed by atoms with Gasteiger partial charge in [-0.1, -0.05) is 12.8 Å². The lowest BCUT2D eigenvalue weighted by atomic mass is 9.79. The summed E-state index contributed by atoms with van der Waals surface area (Å²) >= 11 is 0. The maximum atomic E-state index is 11.5. The lowest BCUT2D eigenvalue weighted by Gasteiger charge is -2.30. The van der Waals surface area contributed by atoms with Crippen molar-refractivity contribution >= 4 is 5.97 Å². The number of hydrogen-bond donors (Lipinski definition) is 2. The SMILES string of the molecule is COC(=O)c1cc(CNCC2CCCCC2CO)oc1C. The van der Waals surface area contributed by atoms with Crippen molar-refractivity contribution in [2.75, 3.05) is 20.3 Å². The number of rotatable bonds is 6. The van der Waals surface area contributed by atoms with Gasteiger partial charge in [0.1, 0.15) is 17.1 Å². The molecule has 1 saturated carbocycles. The number of esters is 1. The summed E-state index contributed by atoms with van der Waals surface area (Å²) in [5.74, 6) is 1.90. The lowest BCUT2D eigenvalue weighted by Crippen LogP contribution is -2.32. The molecular weight excluding hydrogens is 270 g/mol. The van der Waals surface area contributed by atoms with Gasteiger partial charge in [0.05, 0.1) is 13.7 Å². The van der Waals surface area contributed by atoms with Gasteiger partial charge in [-0.05, 0) is 44.2 Å². The first-order valence-corrected chi connectivity index (χ1v) is 7.65. The van der Waals surface area contributed by atoms with Crippen LogP contribution in [-0.2, 0) is 11.3 Å². The van der Waals surface area contributed by atoms with Crippen molar-refractivity contribution in [1.29, 1.82) is 0 Å². The van der Waals surface area contributed by atoms with Crippen LogP contribution < -0.4 is 5.32 Å².